The van der Waals surface area contributed by atoms with Crippen molar-refractivity contribution in [3.05, 3.63) is 39.1 Å². The first-order chi connectivity index (χ1) is 8.16. The zero-order valence-corrected chi connectivity index (χ0v) is 9.89. The van der Waals surface area contributed by atoms with Gasteiger partial charge >= 0.3 is 0 Å². The third kappa shape index (κ3) is 1.61. The van der Waals surface area contributed by atoms with E-state index >= 15 is 0 Å². The van der Waals surface area contributed by atoms with Gasteiger partial charge in [0.25, 0.3) is 5.56 Å². The molecule has 0 radical (unpaired) electrons. The number of rotatable bonds is 1. The lowest BCUT2D eigenvalue weighted by molar-refractivity contribution is 0.302. The second-order valence-electron chi connectivity index (χ2n) is 4.38. The highest BCUT2D eigenvalue weighted by molar-refractivity contribution is 7.71. The molecule has 0 bridgehead atoms. The number of aromatic nitrogens is 2. The number of H-pyrrole nitrogens is 1. The van der Waals surface area contributed by atoms with Gasteiger partial charge in [-0.3, -0.25) is 9.36 Å². The van der Waals surface area contributed by atoms with E-state index in [0.717, 1.165) is 19.3 Å². The fraction of sp³-hybridized carbons (Fsp3) is 0.333. The van der Waals surface area contributed by atoms with Gasteiger partial charge in [-0.2, -0.15) is 0 Å². The van der Waals surface area contributed by atoms with Gasteiger partial charge in [0.2, 0.25) is 0 Å². The molecular weight excluding hydrogens is 239 g/mol. The van der Waals surface area contributed by atoms with E-state index in [9.17, 15) is 9.18 Å². The molecule has 1 aliphatic rings. The third-order valence-electron chi connectivity index (χ3n) is 3.33. The van der Waals surface area contributed by atoms with Crippen molar-refractivity contribution in [2.45, 2.75) is 25.3 Å². The van der Waals surface area contributed by atoms with Gasteiger partial charge in [0.15, 0.2) is 4.77 Å². The molecule has 17 heavy (non-hydrogen) atoms. The van der Waals surface area contributed by atoms with Gasteiger partial charge in [-0.25, -0.2) is 4.39 Å². The van der Waals surface area contributed by atoms with E-state index in [1.807, 2.05) is 0 Å². The van der Waals surface area contributed by atoms with Crippen LogP contribution in [0, 0.1) is 10.6 Å². The average Bonchev–Trinajstić information content (AvgIpc) is 2.23. The van der Waals surface area contributed by atoms with Crippen molar-refractivity contribution in [3.8, 4) is 0 Å². The lowest BCUT2D eigenvalue weighted by atomic mass is 9.93. The summed E-state index contributed by atoms with van der Waals surface area (Å²) < 4.78 is 15.2. The molecule has 1 aliphatic carbocycles. The van der Waals surface area contributed by atoms with Gasteiger partial charge in [-0.1, -0.05) is 0 Å². The van der Waals surface area contributed by atoms with Crippen LogP contribution in [0.5, 0.6) is 0 Å². The maximum absolute atomic E-state index is 13.2. The summed E-state index contributed by atoms with van der Waals surface area (Å²) in [6.07, 6.45) is 3.06. The van der Waals surface area contributed by atoms with Crippen LogP contribution >= 0.6 is 12.2 Å². The van der Waals surface area contributed by atoms with Gasteiger partial charge < -0.3 is 4.98 Å². The highest BCUT2D eigenvalue weighted by Crippen LogP contribution is 2.30. The Morgan fingerprint density at radius 1 is 1.41 bits per heavy atom. The molecule has 1 fully saturated rings. The monoisotopic (exact) mass is 250 g/mol. The summed E-state index contributed by atoms with van der Waals surface area (Å²) in [4.78, 5) is 15.2. The maximum Gasteiger partial charge on any atom is 0.262 e. The Balaban J connectivity index is 2.36. The molecule has 1 saturated carbocycles. The molecule has 0 atom stereocenters. The Morgan fingerprint density at radius 2 is 2.18 bits per heavy atom. The van der Waals surface area contributed by atoms with Gasteiger partial charge in [0.05, 0.1) is 10.9 Å². The Hall–Kier alpha value is -1.49. The molecule has 2 aromatic rings. The quantitative estimate of drug-likeness (QED) is 0.790. The van der Waals surface area contributed by atoms with Gasteiger partial charge in [0.1, 0.15) is 5.82 Å². The maximum atomic E-state index is 13.2. The highest BCUT2D eigenvalue weighted by atomic mass is 32.1. The summed E-state index contributed by atoms with van der Waals surface area (Å²) in [6.45, 7) is 0. The smallest absolute Gasteiger partial charge is 0.262 e. The third-order valence-corrected chi connectivity index (χ3v) is 3.63. The number of halogens is 1. The summed E-state index contributed by atoms with van der Waals surface area (Å²) in [5.41, 5.74) is 0.407. The molecule has 0 spiro atoms. The van der Waals surface area contributed by atoms with Crippen molar-refractivity contribution in [1.29, 1.82) is 0 Å². The SMILES string of the molecule is O=c1c2cc(F)ccc2[nH]c(=S)n1C1CCC1. The van der Waals surface area contributed by atoms with Crippen molar-refractivity contribution >= 4 is 23.1 Å². The first-order valence-electron chi connectivity index (χ1n) is 5.61. The van der Waals surface area contributed by atoms with E-state index in [-0.39, 0.29) is 11.6 Å². The standard InChI is InChI=1S/C12H11FN2OS/c13-7-4-5-10-9(6-7)11(16)15(12(17)14-10)8-2-1-3-8/h4-6,8H,1-3H2,(H,14,17). The second-order valence-corrected chi connectivity index (χ2v) is 4.77. The second kappa shape index (κ2) is 3.77. The molecule has 3 nitrogen and oxygen atoms in total. The fourth-order valence-corrected chi connectivity index (χ4v) is 2.52. The van der Waals surface area contributed by atoms with Crippen LogP contribution in [-0.2, 0) is 0 Å². The molecule has 1 aromatic carbocycles. The molecule has 0 saturated heterocycles. The molecule has 1 aromatic heterocycles. The van der Waals surface area contributed by atoms with Crippen molar-refractivity contribution in [2.75, 3.05) is 0 Å². The van der Waals surface area contributed by atoms with Gasteiger partial charge in [-0.15, -0.1) is 0 Å². The number of nitrogens with one attached hydrogen (secondary N) is 1. The van der Waals surface area contributed by atoms with Crippen LogP contribution in [0.15, 0.2) is 23.0 Å². The molecule has 5 heteroatoms. The molecule has 1 heterocycles. The Labute approximate surface area is 102 Å². The molecule has 3 rings (SSSR count). The lowest BCUT2D eigenvalue weighted by Gasteiger charge is -2.27. The molecule has 88 valence electrons. The van der Waals surface area contributed by atoms with Crippen LogP contribution in [-0.4, -0.2) is 9.55 Å². The van der Waals surface area contributed by atoms with E-state index in [4.69, 9.17) is 12.2 Å². The molecular formula is C12H11FN2OS. The van der Waals surface area contributed by atoms with Crippen LogP contribution in [0.2, 0.25) is 0 Å². The largest absolute Gasteiger partial charge is 0.332 e. The highest BCUT2D eigenvalue weighted by Gasteiger charge is 2.22. The van der Waals surface area contributed by atoms with Crippen molar-refractivity contribution in [1.82, 2.24) is 9.55 Å². The molecule has 0 unspecified atom stereocenters. The van der Waals surface area contributed by atoms with Crippen LogP contribution in [0.25, 0.3) is 10.9 Å². The van der Waals surface area contributed by atoms with Crippen molar-refractivity contribution in [3.63, 3.8) is 0 Å². The number of nitrogens with zero attached hydrogens (tertiary/aromatic N) is 1. The first kappa shape index (κ1) is 10.7. The topological polar surface area (TPSA) is 37.8 Å². The number of aromatic amines is 1. The Kier molecular flexibility index (Phi) is 2.36. The molecule has 0 amide bonds. The number of benzene rings is 1. The minimum atomic E-state index is -0.403. The normalized spacial score (nSPS) is 16.1. The van der Waals surface area contributed by atoms with Gasteiger partial charge in [-0.05, 0) is 49.7 Å². The van der Waals surface area contributed by atoms with E-state index in [1.165, 1.54) is 12.1 Å². The minimum absolute atomic E-state index is 0.180. The predicted octanol–water partition coefficient (Wildman–Crippen LogP) is 2.92. The number of fused-ring (bicyclic) bond motifs is 1. The number of hydrogen-bond donors (Lipinski definition) is 1. The van der Waals surface area contributed by atoms with Crippen LogP contribution in [0.4, 0.5) is 4.39 Å². The zero-order chi connectivity index (χ0) is 12.0. The van der Waals surface area contributed by atoms with Crippen LogP contribution in [0.1, 0.15) is 25.3 Å². The van der Waals surface area contributed by atoms with Gasteiger partial charge in [0, 0.05) is 6.04 Å². The number of hydrogen-bond acceptors (Lipinski definition) is 2. The van der Waals surface area contributed by atoms with E-state index in [1.54, 1.807) is 10.6 Å². The zero-order valence-electron chi connectivity index (χ0n) is 9.07. The van der Waals surface area contributed by atoms with Crippen molar-refractivity contribution in [2.24, 2.45) is 0 Å². The van der Waals surface area contributed by atoms with Crippen LogP contribution in [0.3, 0.4) is 0 Å². The van der Waals surface area contributed by atoms with Crippen LogP contribution < -0.4 is 5.56 Å². The van der Waals surface area contributed by atoms with E-state index < -0.39 is 5.82 Å². The Morgan fingerprint density at radius 3 is 2.82 bits per heavy atom. The summed E-state index contributed by atoms with van der Waals surface area (Å²) in [6, 6.07) is 4.31. The molecule has 0 aliphatic heterocycles. The fourth-order valence-electron chi connectivity index (χ4n) is 2.18. The summed E-state index contributed by atoms with van der Waals surface area (Å²) in [5, 5.41) is 0.366. The minimum Gasteiger partial charge on any atom is -0.332 e. The van der Waals surface area contributed by atoms with E-state index in [2.05, 4.69) is 4.98 Å². The summed E-state index contributed by atoms with van der Waals surface area (Å²) in [5.74, 6) is -0.403. The summed E-state index contributed by atoms with van der Waals surface area (Å²) in [7, 11) is 0. The Bertz CT molecular complexity index is 700. The van der Waals surface area contributed by atoms with Crippen molar-refractivity contribution < 1.29 is 4.39 Å². The lowest BCUT2D eigenvalue weighted by Crippen LogP contribution is -2.30. The average molecular weight is 250 g/mol. The predicted molar refractivity (Wildman–Crippen MR) is 66.2 cm³/mol. The summed E-state index contributed by atoms with van der Waals surface area (Å²) >= 11 is 5.19. The molecule has 1 N–H and O–H groups in total. The van der Waals surface area contributed by atoms with E-state index in [0.29, 0.717) is 15.7 Å². The first-order valence-corrected chi connectivity index (χ1v) is 6.02.